The quantitative estimate of drug-likeness (QED) is 0.868. The molecule has 2 rings (SSSR count). The highest BCUT2D eigenvalue weighted by Gasteiger charge is 2.19. The molecule has 0 amide bonds. The molecule has 1 aliphatic rings. The first-order valence-corrected chi connectivity index (χ1v) is 6.35. The Kier molecular flexibility index (Phi) is 4.00. The molecule has 0 spiro atoms. The van der Waals surface area contributed by atoms with Gasteiger partial charge in [0.15, 0.2) is 0 Å². The van der Waals surface area contributed by atoms with Crippen molar-refractivity contribution in [3.05, 3.63) is 30.1 Å². The van der Waals surface area contributed by atoms with Crippen molar-refractivity contribution < 1.29 is 4.39 Å². The summed E-state index contributed by atoms with van der Waals surface area (Å²) < 4.78 is 12.8. The fourth-order valence-corrected chi connectivity index (χ4v) is 2.59. The van der Waals surface area contributed by atoms with Gasteiger partial charge in [0.2, 0.25) is 0 Å². The van der Waals surface area contributed by atoms with Gasteiger partial charge in [-0.3, -0.25) is 0 Å². The zero-order chi connectivity index (χ0) is 12.3. The van der Waals surface area contributed by atoms with E-state index < -0.39 is 0 Å². The first-order valence-electron chi connectivity index (χ1n) is 6.35. The van der Waals surface area contributed by atoms with E-state index in [9.17, 15) is 4.39 Å². The molecule has 1 saturated heterocycles. The molecule has 0 aromatic heterocycles. The third-order valence-electron chi connectivity index (χ3n) is 3.53. The largest absolute Gasteiger partial charge is 0.374 e. The number of hydrogen-bond acceptors (Lipinski definition) is 2. The first-order chi connectivity index (χ1) is 8.15. The van der Waals surface area contributed by atoms with E-state index in [1.54, 1.807) is 0 Å². The molecule has 1 aromatic carbocycles. The highest BCUT2D eigenvalue weighted by molar-refractivity contribution is 5.45. The minimum absolute atomic E-state index is 0.169. The lowest BCUT2D eigenvalue weighted by molar-refractivity contribution is 0.319. The van der Waals surface area contributed by atoms with Crippen molar-refractivity contribution in [3.8, 4) is 0 Å². The van der Waals surface area contributed by atoms with Crippen LogP contribution in [0.2, 0.25) is 0 Å². The number of rotatable bonds is 3. The lowest BCUT2D eigenvalue weighted by atomic mass is 9.93. The first kappa shape index (κ1) is 12.4. The third-order valence-corrected chi connectivity index (χ3v) is 3.53. The van der Waals surface area contributed by atoms with E-state index in [-0.39, 0.29) is 5.82 Å². The summed E-state index contributed by atoms with van der Waals surface area (Å²) in [6, 6.07) is 7.36. The van der Waals surface area contributed by atoms with Crippen LogP contribution in [0.4, 0.5) is 10.1 Å². The standard InChI is InChI=1S/C14H21FN2/c1-11-9-12(7-8-16-11)10-17(2)14-5-3-13(15)4-6-14/h3-6,11-12,16H,7-10H2,1-2H3. The average molecular weight is 236 g/mol. The van der Waals surface area contributed by atoms with Crippen molar-refractivity contribution in [2.24, 2.45) is 5.92 Å². The minimum Gasteiger partial charge on any atom is -0.374 e. The summed E-state index contributed by atoms with van der Waals surface area (Å²) in [4.78, 5) is 2.22. The molecule has 1 aliphatic heterocycles. The van der Waals surface area contributed by atoms with Crippen LogP contribution in [0.15, 0.2) is 24.3 Å². The molecular weight excluding hydrogens is 215 g/mol. The minimum atomic E-state index is -0.169. The van der Waals surface area contributed by atoms with Crippen LogP contribution in [0.3, 0.4) is 0 Å². The second-order valence-electron chi connectivity index (χ2n) is 5.10. The van der Waals surface area contributed by atoms with Crippen LogP contribution in [-0.4, -0.2) is 26.2 Å². The van der Waals surface area contributed by atoms with Gasteiger partial charge in [0.05, 0.1) is 0 Å². The maximum Gasteiger partial charge on any atom is 0.123 e. The maximum atomic E-state index is 12.8. The van der Waals surface area contributed by atoms with Crippen molar-refractivity contribution in [3.63, 3.8) is 0 Å². The van der Waals surface area contributed by atoms with Crippen LogP contribution in [0, 0.1) is 11.7 Å². The topological polar surface area (TPSA) is 15.3 Å². The highest BCUT2D eigenvalue weighted by Crippen LogP contribution is 2.20. The van der Waals surface area contributed by atoms with Crippen molar-refractivity contribution in [2.45, 2.75) is 25.8 Å². The van der Waals surface area contributed by atoms with Crippen molar-refractivity contribution in [1.29, 1.82) is 0 Å². The zero-order valence-electron chi connectivity index (χ0n) is 10.6. The summed E-state index contributed by atoms with van der Waals surface area (Å²) in [5, 5.41) is 3.46. The fourth-order valence-electron chi connectivity index (χ4n) is 2.59. The van der Waals surface area contributed by atoms with Gasteiger partial charge in [0.1, 0.15) is 5.82 Å². The SMILES string of the molecule is CC1CC(CN(C)c2ccc(F)cc2)CCN1. The molecule has 0 radical (unpaired) electrons. The van der Waals surface area contributed by atoms with Crippen LogP contribution in [0.1, 0.15) is 19.8 Å². The van der Waals surface area contributed by atoms with Gasteiger partial charge in [-0.15, -0.1) is 0 Å². The molecule has 0 aliphatic carbocycles. The van der Waals surface area contributed by atoms with Gasteiger partial charge in [-0.2, -0.15) is 0 Å². The molecule has 2 unspecified atom stereocenters. The van der Waals surface area contributed by atoms with E-state index in [4.69, 9.17) is 0 Å². The number of piperidine rings is 1. The summed E-state index contributed by atoms with van der Waals surface area (Å²) in [7, 11) is 2.08. The average Bonchev–Trinajstić information content (AvgIpc) is 2.29. The molecular formula is C14H21FN2. The van der Waals surface area contributed by atoms with Crippen LogP contribution in [0.25, 0.3) is 0 Å². The van der Waals surface area contributed by atoms with Gasteiger partial charge in [-0.25, -0.2) is 4.39 Å². The molecule has 1 aromatic rings. The van der Waals surface area contributed by atoms with Crippen LogP contribution in [0.5, 0.6) is 0 Å². The Morgan fingerprint density at radius 3 is 2.71 bits per heavy atom. The van der Waals surface area contributed by atoms with Crippen LogP contribution < -0.4 is 10.2 Å². The highest BCUT2D eigenvalue weighted by atomic mass is 19.1. The molecule has 0 saturated carbocycles. The van der Waals surface area contributed by atoms with Crippen LogP contribution in [-0.2, 0) is 0 Å². The Balaban J connectivity index is 1.91. The zero-order valence-corrected chi connectivity index (χ0v) is 10.6. The smallest absolute Gasteiger partial charge is 0.123 e. The summed E-state index contributed by atoms with van der Waals surface area (Å²) in [5.41, 5.74) is 1.09. The summed E-state index contributed by atoms with van der Waals surface area (Å²) in [6.45, 7) is 4.41. The maximum absolute atomic E-state index is 12.8. The predicted octanol–water partition coefficient (Wildman–Crippen LogP) is 2.65. The van der Waals surface area contributed by atoms with E-state index >= 15 is 0 Å². The Bertz CT molecular complexity index is 350. The van der Waals surface area contributed by atoms with Crippen molar-refractivity contribution in [2.75, 3.05) is 25.0 Å². The Labute approximate surface area is 103 Å². The molecule has 2 nitrogen and oxygen atoms in total. The number of benzene rings is 1. The number of nitrogens with one attached hydrogen (secondary N) is 1. The van der Waals surface area contributed by atoms with Gasteiger partial charge >= 0.3 is 0 Å². The fraction of sp³-hybridized carbons (Fsp3) is 0.571. The molecule has 17 heavy (non-hydrogen) atoms. The Morgan fingerprint density at radius 2 is 2.06 bits per heavy atom. The summed E-state index contributed by atoms with van der Waals surface area (Å²) in [5.74, 6) is 0.568. The van der Waals surface area contributed by atoms with Crippen molar-refractivity contribution >= 4 is 5.69 Å². The van der Waals surface area contributed by atoms with Gasteiger partial charge in [-0.1, -0.05) is 0 Å². The molecule has 1 N–H and O–H groups in total. The summed E-state index contributed by atoms with van der Waals surface area (Å²) >= 11 is 0. The lowest BCUT2D eigenvalue weighted by Gasteiger charge is -2.32. The van der Waals surface area contributed by atoms with Gasteiger partial charge in [-0.05, 0) is 56.5 Å². The van der Waals surface area contributed by atoms with E-state index in [0.717, 1.165) is 24.7 Å². The van der Waals surface area contributed by atoms with Gasteiger partial charge < -0.3 is 10.2 Å². The monoisotopic (exact) mass is 236 g/mol. The lowest BCUT2D eigenvalue weighted by Crippen LogP contribution is -2.39. The number of halogens is 1. The van der Waals surface area contributed by atoms with E-state index in [0.29, 0.717) is 6.04 Å². The molecule has 1 heterocycles. The molecule has 1 fully saturated rings. The molecule has 3 heteroatoms. The van der Waals surface area contributed by atoms with Gasteiger partial charge in [0.25, 0.3) is 0 Å². The number of hydrogen-bond donors (Lipinski definition) is 1. The van der Waals surface area contributed by atoms with E-state index in [2.05, 4.69) is 24.2 Å². The molecule has 0 bridgehead atoms. The van der Waals surface area contributed by atoms with E-state index in [1.807, 2.05) is 12.1 Å². The number of anilines is 1. The summed E-state index contributed by atoms with van der Waals surface area (Å²) in [6.07, 6.45) is 2.46. The third kappa shape index (κ3) is 3.43. The molecule has 94 valence electrons. The van der Waals surface area contributed by atoms with E-state index in [1.165, 1.54) is 25.0 Å². The van der Waals surface area contributed by atoms with Crippen LogP contribution >= 0.6 is 0 Å². The molecule has 2 atom stereocenters. The van der Waals surface area contributed by atoms with Gasteiger partial charge in [0, 0.05) is 25.3 Å². The normalized spacial score (nSPS) is 24.6. The predicted molar refractivity (Wildman–Crippen MR) is 69.9 cm³/mol. The Morgan fingerprint density at radius 1 is 1.35 bits per heavy atom. The second-order valence-corrected chi connectivity index (χ2v) is 5.10. The second kappa shape index (κ2) is 5.50. The Hall–Kier alpha value is -1.09. The number of nitrogens with zero attached hydrogens (tertiary/aromatic N) is 1. The van der Waals surface area contributed by atoms with Crippen molar-refractivity contribution in [1.82, 2.24) is 5.32 Å².